The van der Waals surface area contributed by atoms with Crippen LogP contribution in [0.25, 0.3) is 0 Å². The topological polar surface area (TPSA) is 61.5 Å². The van der Waals surface area contributed by atoms with Crippen LogP contribution in [-0.2, 0) is 14.3 Å². The lowest BCUT2D eigenvalue weighted by Crippen LogP contribution is -2.17. The Balaban J connectivity index is 2.61. The summed E-state index contributed by atoms with van der Waals surface area (Å²) >= 11 is 0. The third kappa shape index (κ3) is 1.58. The second-order valence-corrected chi connectivity index (χ2v) is 2.65. The zero-order chi connectivity index (χ0) is 9.14. The van der Waals surface area contributed by atoms with Gasteiger partial charge in [-0.1, -0.05) is 0 Å². The monoisotopic (exact) mass is 171 g/mol. The molecule has 0 aliphatic carbocycles. The van der Waals surface area contributed by atoms with Crippen molar-refractivity contribution in [1.29, 1.82) is 0 Å². The number of allylic oxidation sites excluding steroid dienone is 1. The molecular formula is C8H13NO3. The van der Waals surface area contributed by atoms with Gasteiger partial charge in [0.25, 0.3) is 0 Å². The number of rotatable bonds is 3. The largest absolute Gasteiger partial charge is 0.485 e. The first-order chi connectivity index (χ1) is 5.66. The number of carbonyl (C=O) groups is 1. The van der Waals surface area contributed by atoms with Crippen molar-refractivity contribution < 1.29 is 14.3 Å². The van der Waals surface area contributed by atoms with Crippen LogP contribution in [0, 0.1) is 0 Å². The van der Waals surface area contributed by atoms with E-state index in [1.54, 1.807) is 13.8 Å². The minimum absolute atomic E-state index is 0.0963. The Kier molecular flexibility index (Phi) is 2.70. The van der Waals surface area contributed by atoms with E-state index in [-0.39, 0.29) is 5.78 Å². The highest BCUT2D eigenvalue weighted by atomic mass is 16.5. The molecule has 0 saturated carbocycles. The van der Waals surface area contributed by atoms with Crippen molar-refractivity contribution in [2.24, 2.45) is 5.73 Å². The summed E-state index contributed by atoms with van der Waals surface area (Å²) in [5.41, 5.74) is 5.23. The number of hydrogen-bond acceptors (Lipinski definition) is 4. The SMILES string of the molecule is CC1=C(OCCN)C(=O)C(C)O1. The average Bonchev–Trinajstić information content (AvgIpc) is 2.25. The predicted octanol–water partition coefficient (Wildman–Crippen LogP) is 0.181. The zero-order valence-electron chi connectivity index (χ0n) is 7.29. The molecule has 0 amide bonds. The molecular weight excluding hydrogens is 158 g/mol. The van der Waals surface area contributed by atoms with E-state index in [2.05, 4.69) is 0 Å². The number of ether oxygens (including phenoxy) is 2. The van der Waals surface area contributed by atoms with Crippen molar-refractivity contribution in [2.75, 3.05) is 13.2 Å². The van der Waals surface area contributed by atoms with E-state index in [1.165, 1.54) is 0 Å². The van der Waals surface area contributed by atoms with E-state index in [1.807, 2.05) is 0 Å². The van der Waals surface area contributed by atoms with E-state index < -0.39 is 6.10 Å². The molecule has 4 heteroatoms. The van der Waals surface area contributed by atoms with Gasteiger partial charge in [0.05, 0.1) is 0 Å². The van der Waals surface area contributed by atoms with Crippen molar-refractivity contribution in [3.63, 3.8) is 0 Å². The molecule has 1 rings (SSSR count). The van der Waals surface area contributed by atoms with Gasteiger partial charge in [0.15, 0.2) is 6.10 Å². The van der Waals surface area contributed by atoms with Crippen LogP contribution < -0.4 is 5.73 Å². The van der Waals surface area contributed by atoms with Gasteiger partial charge >= 0.3 is 0 Å². The van der Waals surface area contributed by atoms with E-state index in [0.717, 1.165) is 0 Å². The summed E-state index contributed by atoms with van der Waals surface area (Å²) in [7, 11) is 0. The maximum atomic E-state index is 11.3. The second kappa shape index (κ2) is 3.58. The average molecular weight is 171 g/mol. The van der Waals surface area contributed by atoms with Crippen molar-refractivity contribution in [2.45, 2.75) is 20.0 Å². The summed E-state index contributed by atoms with van der Waals surface area (Å²) in [6.07, 6.45) is -0.405. The predicted molar refractivity (Wildman–Crippen MR) is 43.3 cm³/mol. The molecule has 0 bridgehead atoms. The Labute approximate surface area is 71.3 Å². The molecule has 12 heavy (non-hydrogen) atoms. The summed E-state index contributed by atoms with van der Waals surface area (Å²) in [6.45, 7) is 4.17. The van der Waals surface area contributed by atoms with E-state index in [9.17, 15) is 4.79 Å². The molecule has 1 heterocycles. The van der Waals surface area contributed by atoms with Crippen LogP contribution in [0.4, 0.5) is 0 Å². The van der Waals surface area contributed by atoms with Gasteiger partial charge in [-0.25, -0.2) is 0 Å². The second-order valence-electron chi connectivity index (χ2n) is 2.65. The molecule has 0 aromatic heterocycles. The standard InChI is InChI=1S/C8H13NO3/c1-5-7(10)8(6(2)12-5)11-4-3-9/h5H,3-4,9H2,1-2H3. The fourth-order valence-electron chi connectivity index (χ4n) is 1.06. The Hall–Kier alpha value is -1.03. The van der Waals surface area contributed by atoms with Gasteiger partial charge < -0.3 is 15.2 Å². The molecule has 0 saturated heterocycles. The lowest BCUT2D eigenvalue weighted by atomic mass is 10.2. The number of carbonyl (C=O) groups excluding carboxylic acids is 1. The molecule has 2 N–H and O–H groups in total. The first-order valence-corrected chi connectivity index (χ1v) is 3.91. The summed E-state index contributed by atoms with van der Waals surface area (Å²) in [5, 5.41) is 0. The third-order valence-corrected chi connectivity index (χ3v) is 1.63. The van der Waals surface area contributed by atoms with E-state index >= 15 is 0 Å². The summed E-state index contributed by atoms with van der Waals surface area (Å²) in [4.78, 5) is 11.3. The lowest BCUT2D eigenvalue weighted by Gasteiger charge is -2.02. The molecule has 1 aliphatic heterocycles. The van der Waals surface area contributed by atoms with Gasteiger partial charge in [0, 0.05) is 6.54 Å². The van der Waals surface area contributed by atoms with Crippen LogP contribution in [0.15, 0.2) is 11.5 Å². The summed E-state index contributed by atoms with van der Waals surface area (Å²) in [6, 6.07) is 0. The van der Waals surface area contributed by atoms with Crippen molar-refractivity contribution in [1.82, 2.24) is 0 Å². The van der Waals surface area contributed by atoms with Crippen LogP contribution >= 0.6 is 0 Å². The molecule has 0 spiro atoms. The van der Waals surface area contributed by atoms with Crippen LogP contribution in [0.2, 0.25) is 0 Å². The Bertz CT molecular complexity index is 222. The normalized spacial score (nSPS) is 22.9. The third-order valence-electron chi connectivity index (χ3n) is 1.63. The first-order valence-electron chi connectivity index (χ1n) is 3.91. The molecule has 1 aliphatic rings. The minimum atomic E-state index is -0.405. The highest BCUT2D eigenvalue weighted by Gasteiger charge is 2.30. The molecule has 68 valence electrons. The minimum Gasteiger partial charge on any atom is -0.485 e. The van der Waals surface area contributed by atoms with Crippen LogP contribution in [0.1, 0.15) is 13.8 Å². The van der Waals surface area contributed by atoms with Gasteiger partial charge in [-0.3, -0.25) is 4.79 Å². The fourth-order valence-corrected chi connectivity index (χ4v) is 1.06. The van der Waals surface area contributed by atoms with Crippen molar-refractivity contribution in [3.8, 4) is 0 Å². The Morgan fingerprint density at radius 1 is 1.67 bits per heavy atom. The number of nitrogens with two attached hydrogens (primary N) is 1. The molecule has 0 aromatic rings. The quantitative estimate of drug-likeness (QED) is 0.658. The van der Waals surface area contributed by atoms with Gasteiger partial charge in [-0.15, -0.1) is 0 Å². The lowest BCUT2D eigenvalue weighted by molar-refractivity contribution is -0.123. The highest BCUT2D eigenvalue weighted by molar-refractivity contribution is 5.99. The van der Waals surface area contributed by atoms with Gasteiger partial charge in [-0.2, -0.15) is 0 Å². The summed E-state index contributed by atoms with van der Waals surface area (Å²) in [5.74, 6) is 0.787. The number of ketones is 1. The smallest absolute Gasteiger partial charge is 0.240 e. The number of Topliss-reactive ketones (excluding diaryl/α,β-unsaturated/α-hetero) is 1. The fraction of sp³-hybridized carbons (Fsp3) is 0.625. The molecule has 0 fully saturated rings. The molecule has 1 unspecified atom stereocenters. The van der Waals surface area contributed by atoms with Gasteiger partial charge in [-0.05, 0) is 13.8 Å². The maximum Gasteiger partial charge on any atom is 0.240 e. The van der Waals surface area contributed by atoms with Gasteiger partial charge in [0.2, 0.25) is 11.5 Å². The number of hydrogen-bond donors (Lipinski definition) is 1. The molecule has 1 atom stereocenters. The molecule has 4 nitrogen and oxygen atoms in total. The van der Waals surface area contributed by atoms with Crippen LogP contribution in [0.5, 0.6) is 0 Å². The van der Waals surface area contributed by atoms with Crippen molar-refractivity contribution in [3.05, 3.63) is 11.5 Å². The first kappa shape index (κ1) is 9.06. The Morgan fingerprint density at radius 2 is 2.33 bits per heavy atom. The highest BCUT2D eigenvalue weighted by Crippen LogP contribution is 2.21. The van der Waals surface area contributed by atoms with Gasteiger partial charge in [0.1, 0.15) is 12.4 Å². The molecule has 0 radical (unpaired) electrons. The van der Waals surface area contributed by atoms with Crippen LogP contribution in [-0.4, -0.2) is 25.0 Å². The Morgan fingerprint density at radius 3 is 2.75 bits per heavy atom. The summed E-state index contributed by atoms with van der Waals surface area (Å²) < 4.78 is 10.3. The van der Waals surface area contributed by atoms with Crippen LogP contribution in [0.3, 0.4) is 0 Å². The zero-order valence-corrected chi connectivity index (χ0v) is 7.29. The molecule has 0 aromatic carbocycles. The van der Waals surface area contributed by atoms with Crippen molar-refractivity contribution >= 4 is 5.78 Å². The van der Waals surface area contributed by atoms with E-state index in [0.29, 0.717) is 24.7 Å². The maximum absolute atomic E-state index is 11.3. The van der Waals surface area contributed by atoms with E-state index in [4.69, 9.17) is 15.2 Å².